The van der Waals surface area contributed by atoms with E-state index in [0.717, 1.165) is 42.6 Å². The molecular formula is C25H32ClFN8O2. The average molecular weight is 531 g/mol. The van der Waals surface area contributed by atoms with Crippen molar-refractivity contribution in [2.75, 3.05) is 57.1 Å². The zero-order valence-electron chi connectivity index (χ0n) is 20.8. The number of amides is 3. The van der Waals surface area contributed by atoms with Gasteiger partial charge in [-0.15, -0.1) is 0 Å². The SMILES string of the molecule is CN1Cc2cc(Nc3ncc(Cl)c(NC4CCN(C(=O)N[C@H]5CCN(CCF)C5)CC4)n3)ccc2C1=O. The molecule has 3 aliphatic rings. The lowest BCUT2D eigenvalue weighted by Gasteiger charge is -2.33. The van der Waals surface area contributed by atoms with E-state index in [2.05, 4.69) is 25.9 Å². The van der Waals surface area contributed by atoms with E-state index in [4.69, 9.17) is 11.6 Å². The van der Waals surface area contributed by atoms with Crippen LogP contribution in [-0.4, -0.2) is 95.1 Å². The fourth-order valence-electron chi connectivity index (χ4n) is 5.16. The maximum Gasteiger partial charge on any atom is 0.317 e. The molecule has 2 fully saturated rings. The molecular weight excluding hydrogens is 499 g/mol. The van der Waals surface area contributed by atoms with Gasteiger partial charge in [0.25, 0.3) is 5.91 Å². The Balaban J connectivity index is 1.13. The summed E-state index contributed by atoms with van der Waals surface area (Å²) in [7, 11) is 1.78. The van der Waals surface area contributed by atoms with Crippen LogP contribution in [0.15, 0.2) is 24.4 Å². The van der Waals surface area contributed by atoms with Crippen LogP contribution in [0.25, 0.3) is 0 Å². The lowest BCUT2D eigenvalue weighted by molar-refractivity contribution is 0.0816. The van der Waals surface area contributed by atoms with Crippen molar-refractivity contribution in [2.24, 2.45) is 0 Å². The summed E-state index contributed by atoms with van der Waals surface area (Å²) in [5.41, 5.74) is 2.48. The van der Waals surface area contributed by atoms with Gasteiger partial charge in [-0.25, -0.2) is 14.2 Å². The first-order chi connectivity index (χ1) is 17.9. The number of carbonyl (C=O) groups excluding carboxylic acids is 2. The molecule has 0 bridgehead atoms. The number of rotatable bonds is 7. The summed E-state index contributed by atoms with van der Waals surface area (Å²) in [6.45, 7) is 3.42. The molecule has 10 nitrogen and oxygen atoms in total. The van der Waals surface area contributed by atoms with Crippen LogP contribution in [0, 0.1) is 0 Å². The Kier molecular flexibility index (Phi) is 7.61. The number of nitrogens with zero attached hydrogens (tertiary/aromatic N) is 5. The van der Waals surface area contributed by atoms with Crippen LogP contribution in [0.2, 0.25) is 5.02 Å². The average Bonchev–Trinajstić information content (AvgIpc) is 3.44. The lowest BCUT2D eigenvalue weighted by Crippen LogP contribution is -2.50. The van der Waals surface area contributed by atoms with Gasteiger partial charge in [0.1, 0.15) is 11.7 Å². The van der Waals surface area contributed by atoms with Gasteiger partial charge in [0, 0.05) is 69.7 Å². The van der Waals surface area contributed by atoms with Gasteiger partial charge in [-0.3, -0.25) is 9.69 Å². The van der Waals surface area contributed by atoms with Crippen molar-refractivity contribution < 1.29 is 14.0 Å². The summed E-state index contributed by atoms with van der Waals surface area (Å²) in [6, 6.07) is 5.73. The Labute approximate surface area is 220 Å². The number of hydrogen-bond donors (Lipinski definition) is 3. The molecule has 0 saturated carbocycles. The number of carbonyl (C=O) groups is 2. The summed E-state index contributed by atoms with van der Waals surface area (Å²) >= 11 is 6.38. The molecule has 4 heterocycles. The molecule has 2 saturated heterocycles. The zero-order valence-corrected chi connectivity index (χ0v) is 21.6. The van der Waals surface area contributed by atoms with E-state index in [1.807, 2.05) is 28.0 Å². The smallest absolute Gasteiger partial charge is 0.317 e. The first-order valence-corrected chi connectivity index (χ1v) is 13.1. The first kappa shape index (κ1) is 25.5. The Morgan fingerprint density at radius 1 is 1.19 bits per heavy atom. The second-order valence-corrected chi connectivity index (χ2v) is 10.3. The van der Waals surface area contributed by atoms with Crippen molar-refractivity contribution in [1.82, 2.24) is 30.0 Å². The van der Waals surface area contributed by atoms with Crippen molar-refractivity contribution in [1.29, 1.82) is 0 Å². The van der Waals surface area contributed by atoms with Gasteiger partial charge in [0.2, 0.25) is 5.95 Å². The van der Waals surface area contributed by atoms with E-state index < -0.39 is 0 Å². The fourth-order valence-corrected chi connectivity index (χ4v) is 5.31. The largest absolute Gasteiger partial charge is 0.366 e. The maximum atomic E-state index is 12.7. The van der Waals surface area contributed by atoms with Crippen LogP contribution < -0.4 is 16.0 Å². The predicted octanol–water partition coefficient (Wildman–Crippen LogP) is 3.09. The molecule has 0 radical (unpaired) electrons. The van der Waals surface area contributed by atoms with Crippen LogP contribution in [-0.2, 0) is 6.54 Å². The Morgan fingerprint density at radius 3 is 2.76 bits per heavy atom. The number of anilines is 3. The van der Waals surface area contributed by atoms with Crippen LogP contribution >= 0.6 is 11.6 Å². The summed E-state index contributed by atoms with van der Waals surface area (Å²) in [6.07, 6.45) is 3.94. The third-order valence-electron chi connectivity index (χ3n) is 7.21. The number of likely N-dealkylation sites (tertiary alicyclic amines) is 2. The Hall–Kier alpha value is -3.18. The minimum absolute atomic E-state index is 0.0260. The molecule has 12 heteroatoms. The van der Waals surface area contributed by atoms with E-state index in [-0.39, 0.29) is 30.7 Å². The third-order valence-corrected chi connectivity index (χ3v) is 7.49. The van der Waals surface area contributed by atoms with Crippen LogP contribution in [0.5, 0.6) is 0 Å². The summed E-state index contributed by atoms with van der Waals surface area (Å²) in [4.78, 5) is 39.2. The van der Waals surface area contributed by atoms with Gasteiger partial charge in [-0.05, 0) is 43.0 Å². The maximum absolute atomic E-state index is 12.7. The second kappa shape index (κ2) is 11.1. The van der Waals surface area contributed by atoms with E-state index >= 15 is 0 Å². The number of hydrogen-bond acceptors (Lipinski definition) is 7. The molecule has 1 aromatic carbocycles. The van der Waals surface area contributed by atoms with Crippen molar-refractivity contribution in [2.45, 2.75) is 37.9 Å². The number of urea groups is 1. The molecule has 0 aliphatic carbocycles. The molecule has 0 unspecified atom stereocenters. The summed E-state index contributed by atoms with van der Waals surface area (Å²) < 4.78 is 12.6. The van der Waals surface area contributed by atoms with Crippen molar-refractivity contribution in [3.05, 3.63) is 40.5 Å². The van der Waals surface area contributed by atoms with Crippen LogP contribution in [0.4, 0.5) is 26.6 Å². The highest BCUT2D eigenvalue weighted by Crippen LogP contribution is 2.28. The van der Waals surface area contributed by atoms with Gasteiger partial charge < -0.3 is 25.8 Å². The molecule has 37 heavy (non-hydrogen) atoms. The molecule has 3 amide bonds. The molecule has 1 aromatic heterocycles. The minimum Gasteiger partial charge on any atom is -0.366 e. The Bertz CT molecular complexity index is 1160. The normalized spacial score (nSPS) is 20.3. The van der Waals surface area contributed by atoms with Crippen molar-refractivity contribution in [3.63, 3.8) is 0 Å². The predicted molar refractivity (Wildman–Crippen MR) is 140 cm³/mol. The summed E-state index contributed by atoms with van der Waals surface area (Å²) in [5, 5.41) is 10.1. The van der Waals surface area contributed by atoms with E-state index in [9.17, 15) is 14.0 Å². The number of nitrogens with one attached hydrogen (secondary N) is 3. The highest BCUT2D eigenvalue weighted by Gasteiger charge is 2.28. The lowest BCUT2D eigenvalue weighted by atomic mass is 10.1. The number of alkyl halides is 1. The highest BCUT2D eigenvalue weighted by molar-refractivity contribution is 6.32. The molecule has 198 valence electrons. The Morgan fingerprint density at radius 2 is 1.97 bits per heavy atom. The molecule has 0 spiro atoms. The number of aromatic nitrogens is 2. The van der Waals surface area contributed by atoms with Gasteiger partial charge in [0.05, 0.1) is 6.20 Å². The minimum atomic E-state index is -0.358. The van der Waals surface area contributed by atoms with Gasteiger partial charge >= 0.3 is 6.03 Å². The zero-order chi connectivity index (χ0) is 25.9. The summed E-state index contributed by atoms with van der Waals surface area (Å²) in [5.74, 6) is 0.967. The van der Waals surface area contributed by atoms with Crippen LogP contribution in [0.1, 0.15) is 35.2 Å². The monoisotopic (exact) mass is 530 g/mol. The number of fused-ring (bicyclic) bond motifs is 1. The molecule has 2 aromatic rings. The third kappa shape index (κ3) is 5.88. The van der Waals surface area contributed by atoms with Gasteiger partial charge in [-0.1, -0.05) is 11.6 Å². The molecule has 5 rings (SSSR count). The van der Waals surface area contributed by atoms with E-state index in [1.165, 1.54) is 0 Å². The van der Waals surface area contributed by atoms with E-state index in [0.29, 0.717) is 49.5 Å². The molecule has 3 aliphatic heterocycles. The second-order valence-electron chi connectivity index (χ2n) is 9.88. The van der Waals surface area contributed by atoms with Gasteiger partial charge in [-0.2, -0.15) is 4.98 Å². The quantitative estimate of drug-likeness (QED) is 0.505. The van der Waals surface area contributed by atoms with Crippen molar-refractivity contribution >= 4 is 41.0 Å². The highest BCUT2D eigenvalue weighted by atomic mass is 35.5. The van der Waals surface area contributed by atoms with Crippen LogP contribution in [0.3, 0.4) is 0 Å². The number of benzene rings is 1. The first-order valence-electron chi connectivity index (χ1n) is 12.7. The number of piperidine rings is 1. The van der Waals surface area contributed by atoms with Gasteiger partial charge in [0.15, 0.2) is 5.82 Å². The van der Waals surface area contributed by atoms with E-state index in [1.54, 1.807) is 18.1 Å². The fraction of sp³-hybridized carbons (Fsp3) is 0.520. The molecule has 3 N–H and O–H groups in total. The standard InChI is InChI=1S/C25H32ClFN8O2/c1-33-14-16-12-18(2-3-20(16)23(33)36)30-24-28-13-21(26)22(32-24)29-17-5-9-35(10-6-17)25(37)31-19-4-8-34(15-19)11-7-27/h2-3,12-13,17,19H,4-11,14-15H2,1H3,(H,31,37)(H2,28,29,30,32)/t19-/m0/s1. The van der Waals surface area contributed by atoms with Crippen molar-refractivity contribution in [3.8, 4) is 0 Å². The number of halogens is 2. The molecule has 1 atom stereocenters. The topological polar surface area (TPSA) is 106 Å².